The Hall–Kier alpha value is -2.97. The van der Waals surface area contributed by atoms with E-state index >= 15 is 0 Å². The number of ether oxygens (including phenoxy) is 2. The lowest BCUT2D eigenvalue weighted by Crippen LogP contribution is -2.14. The van der Waals surface area contributed by atoms with Gasteiger partial charge in [0.15, 0.2) is 0 Å². The summed E-state index contributed by atoms with van der Waals surface area (Å²) in [5.74, 6) is 0.660. The van der Waals surface area contributed by atoms with Crippen molar-refractivity contribution in [3.8, 4) is 17.6 Å². The molecule has 0 fully saturated rings. The number of nitrogens with zero attached hydrogens (tertiary/aromatic N) is 1. The number of methoxy groups -OCH3 is 1. The van der Waals surface area contributed by atoms with Gasteiger partial charge in [0.2, 0.25) is 0 Å². The van der Waals surface area contributed by atoms with E-state index in [1.165, 1.54) is 13.2 Å². The number of nitriles is 1. The molecule has 2 aromatic rings. The van der Waals surface area contributed by atoms with E-state index in [9.17, 15) is 10.1 Å². The predicted octanol–water partition coefficient (Wildman–Crippen LogP) is 4.68. The van der Waals surface area contributed by atoms with E-state index in [2.05, 4.69) is 5.32 Å². The van der Waals surface area contributed by atoms with E-state index in [0.29, 0.717) is 23.1 Å². The monoisotopic (exact) mass is 370 g/mol. The minimum Gasteiger partial charge on any atom is -0.495 e. The van der Waals surface area contributed by atoms with Crippen LogP contribution in [-0.4, -0.2) is 19.6 Å². The van der Waals surface area contributed by atoms with Gasteiger partial charge >= 0.3 is 0 Å². The average molecular weight is 371 g/mol. The lowest BCUT2D eigenvalue weighted by molar-refractivity contribution is -0.112. The second kappa shape index (κ2) is 9.50. The first kappa shape index (κ1) is 19.4. The maximum absolute atomic E-state index is 12.4. The molecular weight excluding hydrogens is 352 g/mol. The van der Waals surface area contributed by atoms with Crippen LogP contribution in [0.2, 0.25) is 5.02 Å². The molecule has 2 rings (SSSR count). The zero-order valence-electron chi connectivity index (χ0n) is 14.6. The molecule has 134 valence electrons. The number of hydrogen-bond donors (Lipinski definition) is 1. The molecule has 0 aliphatic heterocycles. The summed E-state index contributed by atoms with van der Waals surface area (Å²) in [6, 6.07) is 13.9. The number of rotatable bonds is 7. The molecule has 1 N–H and O–H groups in total. The summed E-state index contributed by atoms with van der Waals surface area (Å²) in [7, 11) is 1.49. The molecule has 1 amide bonds. The van der Waals surface area contributed by atoms with Gasteiger partial charge in [0.25, 0.3) is 5.91 Å². The predicted molar refractivity (Wildman–Crippen MR) is 102 cm³/mol. The van der Waals surface area contributed by atoms with Crippen molar-refractivity contribution in [3.05, 3.63) is 58.6 Å². The van der Waals surface area contributed by atoms with Crippen LogP contribution in [0.15, 0.2) is 48.0 Å². The first-order valence-corrected chi connectivity index (χ1v) is 8.44. The molecule has 2 aromatic carbocycles. The van der Waals surface area contributed by atoms with Gasteiger partial charge in [-0.05, 0) is 48.4 Å². The van der Waals surface area contributed by atoms with Gasteiger partial charge in [0.05, 0.1) is 19.4 Å². The first-order chi connectivity index (χ1) is 12.6. The van der Waals surface area contributed by atoms with E-state index in [4.69, 9.17) is 21.1 Å². The van der Waals surface area contributed by atoms with Crippen molar-refractivity contribution in [2.45, 2.75) is 13.3 Å². The van der Waals surface area contributed by atoms with Gasteiger partial charge in [-0.3, -0.25) is 4.79 Å². The number of nitrogens with one attached hydrogen (secondary N) is 1. The van der Waals surface area contributed by atoms with Crippen molar-refractivity contribution in [1.29, 1.82) is 5.26 Å². The van der Waals surface area contributed by atoms with Gasteiger partial charge in [-0.1, -0.05) is 30.7 Å². The van der Waals surface area contributed by atoms with Gasteiger partial charge in [0, 0.05) is 5.02 Å². The topological polar surface area (TPSA) is 71.3 Å². The number of carbonyl (C=O) groups is 1. The molecular formula is C20H19ClN2O3. The van der Waals surface area contributed by atoms with Crippen molar-refractivity contribution in [3.63, 3.8) is 0 Å². The molecule has 0 aliphatic rings. The fraction of sp³-hybridized carbons (Fsp3) is 0.200. The largest absolute Gasteiger partial charge is 0.495 e. The maximum atomic E-state index is 12.4. The summed E-state index contributed by atoms with van der Waals surface area (Å²) in [5, 5.41) is 12.4. The van der Waals surface area contributed by atoms with Crippen LogP contribution in [0.1, 0.15) is 18.9 Å². The van der Waals surface area contributed by atoms with Gasteiger partial charge < -0.3 is 14.8 Å². The van der Waals surface area contributed by atoms with Crippen molar-refractivity contribution in [1.82, 2.24) is 0 Å². The molecule has 5 nitrogen and oxygen atoms in total. The quantitative estimate of drug-likeness (QED) is 0.567. The Morgan fingerprint density at radius 3 is 2.62 bits per heavy atom. The highest BCUT2D eigenvalue weighted by atomic mass is 35.5. The summed E-state index contributed by atoms with van der Waals surface area (Å²) in [6.45, 7) is 2.67. The average Bonchev–Trinajstić information content (AvgIpc) is 2.65. The molecule has 0 saturated carbocycles. The van der Waals surface area contributed by atoms with Crippen LogP contribution < -0.4 is 14.8 Å². The highest BCUT2D eigenvalue weighted by molar-refractivity contribution is 6.31. The molecule has 0 spiro atoms. The lowest BCUT2D eigenvalue weighted by Gasteiger charge is -2.10. The van der Waals surface area contributed by atoms with Crippen molar-refractivity contribution in [2.75, 3.05) is 19.0 Å². The van der Waals surface area contributed by atoms with Crippen LogP contribution in [0.5, 0.6) is 11.5 Å². The van der Waals surface area contributed by atoms with Gasteiger partial charge in [-0.2, -0.15) is 5.26 Å². The number of amides is 1. The van der Waals surface area contributed by atoms with Crippen LogP contribution in [0.25, 0.3) is 6.08 Å². The molecule has 6 heteroatoms. The van der Waals surface area contributed by atoms with Crippen LogP contribution in [0, 0.1) is 11.3 Å². The Morgan fingerprint density at radius 1 is 1.27 bits per heavy atom. The Bertz CT molecular complexity index is 839. The second-order valence-electron chi connectivity index (χ2n) is 5.39. The Balaban J connectivity index is 2.17. The third kappa shape index (κ3) is 5.27. The summed E-state index contributed by atoms with van der Waals surface area (Å²) < 4.78 is 10.7. The van der Waals surface area contributed by atoms with Crippen LogP contribution in [0.4, 0.5) is 5.69 Å². The number of anilines is 1. The fourth-order valence-electron chi connectivity index (χ4n) is 2.16. The smallest absolute Gasteiger partial charge is 0.266 e. The highest BCUT2D eigenvalue weighted by Crippen LogP contribution is 2.28. The van der Waals surface area contributed by atoms with E-state index in [-0.39, 0.29) is 5.57 Å². The van der Waals surface area contributed by atoms with Crippen LogP contribution in [0.3, 0.4) is 0 Å². The Morgan fingerprint density at radius 2 is 2.00 bits per heavy atom. The zero-order valence-corrected chi connectivity index (χ0v) is 15.3. The van der Waals surface area contributed by atoms with Crippen molar-refractivity contribution in [2.24, 2.45) is 0 Å². The normalized spacial score (nSPS) is 10.8. The Labute approximate surface area is 157 Å². The molecule has 0 saturated heterocycles. The van der Waals surface area contributed by atoms with Gasteiger partial charge in [0.1, 0.15) is 23.1 Å². The Kier molecular flexibility index (Phi) is 7.07. The lowest BCUT2D eigenvalue weighted by atomic mass is 10.1. The molecule has 26 heavy (non-hydrogen) atoms. The summed E-state index contributed by atoms with van der Waals surface area (Å²) in [6.07, 6.45) is 2.43. The van der Waals surface area contributed by atoms with Crippen molar-refractivity contribution >= 4 is 29.3 Å². The number of benzene rings is 2. The number of halogens is 1. The molecule has 0 aromatic heterocycles. The molecule has 0 unspecified atom stereocenters. The fourth-order valence-corrected chi connectivity index (χ4v) is 2.34. The maximum Gasteiger partial charge on any atom is 0.266 e. The molecule has 0 bridgehead atoms. The molecule has 0 aliphatic carbocycles. The van der Waals surface area contributed by atoms with Gasteiger partial charge in [-0.25, -0.2) is 0 Å². The van der Waals surface area contributed by atoms with Gasteiger partial charge in [-0.15, -0.1) is 0 Å². The first-order valence-electron chi connectivity index (χ1n) is 8.07. The third-order valence-electron chi connectivity index (χ3n) is 3.44. The minimum atomic E-state index is -0.542. The summed E-state index contributed by atoms with van der Waals surface area (Å²) in [4.78, 5) is 12.4. The van der Waals surface area contributed by atoms with E-state index in [1.54, 1.807) is 42.5 Å². The molecule has 0 radical (unpaired) electrons. The SMILES string of the molecule is CCCOc1ccc(/C=C(\C#N)C(=O)Nc2cc(Cl)ccc2OC)cc1. The number of hydrogen-bond acceptors (Lipinski definition) is 4. The van der Waals surface area contributed by atoms with E-state index < -0.39 is 5.91 Å². The van der Waals surface area contributed by atoms with Crippen molar-refractivity contribution < 1.29 is 14.3 Å². The standard InChI is InChI=1S/C20H19ClN2O3/c1-3-10-26-17-7-4-14(5-8-17)11-15(13-22)20(24)23-18-12-16(21)6-9-19(18)25-2/h4-9,11-12H,3,10H2,1-2H3,(H,23,24)/b15-11+. The van der Waals surface area contributed by atoms with E-state index in [0.717, 1.165) is 17.7 Å². The summed E-state index contributed by atoms with van der Waals surface area (Å²) in [5.41, 5.74) is 1.09. The third-order valence-corrected chi connectivity index (χ3v) is 3.67. The van der Waals surface area contributed by atoms with E-state index in [1.807, 2.05) is 13.0 Å². The van der Waals surface area contributed by atoms with Crippen LogP contribution >= 0.6 is 11.6 Å². The second-order valence-corrected chi connectivity index (χ2v) is 5.82. The van der Waals surface area contributed by atoms with Crippen LogP contribution in [-0.2, 0) is 4.79 Å². The zero-order chi connectivity index (χ0) is 18.9. The molecule has 0 heterocycles. The summed E-state index contributed by atoms with van der Waals surface area (Å²) >= 11 is 5.95. The number of carbonyl (C=O) groups excluding carboxylic acids is 1. The minimum absolute atomic E-state index is 0.0331. The highest BCUT2D eigenvalue weighted by Gasteiger charge is 2.13. The molecule has 0 atom stereocenters.